The quantitative estimate of drug-likeness (QED) is 0.0374. The summed E-state index contributed by atoms with van der Waals surface area (Å²) in [5.41, 5.74) is 8.21. The molecule has 0 radical (unpaired) electrons. The fourth-order valence-corrected chi connectivity index (χ4v) is 11.0. The van der Waals surface area contributed by atoms with Crippen molar-refractivity contribution in [3.8, 4) is 22.6 Å². The van der Waals surface area contributed by atoms with Crippen molar-refractivity contribution in [3.05, 3.63) is 184 Å². The summed E-state index contributed by atoms with van der Waals surface area (Å²) < 4.78 is 17.9. The van der Waals surface area contributed by atoms with Crippen molar-refractivity contribution in [1.82, 2.24) is 15.6 Å². The predicted octanol–water partition coefficient (Wildman–Crippen LogP) is 12.5. The maximum atomic E-state index is 13.9. The van der Waals surface area contributed by atoms with E-state index in [0.717, 1.165) is 38.6 Å². The number of carbonyl (C=O) groups is 3. The van der Waals surface area contributed by atoms with Crippen LogP contribution in [0.5, 0.6) is 0 Å². The predicted molar refractivity (Wildman–Crippen MR) is 319 cm³/mol. The number of piperidine rings is 1. The van der Waals surface area contributed by atoms with Crippen LogP contribution in [0.25, 0.3) is 44.5 Å². The van der Waals surface area contributed by atoms with Gasteiger partial charge in [0, 0.05) is 99.5 Å². The highest BCUT2D eigenvalue weighted by molar-refractivity contribution is 9.10. The molecule has 86 heavy (non-hydrogen) atoms. The van der Waals surface area contributed by atoms with Gasteiger partial charge in [0.2, 0.25) is 5.91 Å². The summed E-state index contributed by atoms with van der Waals surface area (Å²) in [5.74, 6) is 0.850. The van der Waals surface area contributed by atoms with E-state index in [1.54, 1.807) is 30.3 Å². The molecule has 3 aliphatic rings. The number of halogens is 3. The van der Waals surface area contributed by atoms with Gasteiger partial charge in [0.25, 0.3) is 11.4 Å². The lowest BCUT2D eigenvalue weighted by Crippen LogP contribution is -2.41. The maximum Gasteiger partial charge on any atom is 0.373 e. The number of nitro benzene ring substituents is 2. The number of nitrogens with one attached hydrogen (secondary N) is 4. The van der Waals surface area contributed by atoms with Gasteiger partial charge in [0.15, 0.2) is 23.1 Å². The van der Waals surface area contributed by atoms with Crippen LogP contribution in [0.1, 0.15) is 57.5 Å². The van der Waals surface area contributed by atoms with Crippen molar-refractivity contribution in [1.29, 1.82) is 0 Å². The van der Waals surface area contributed by atoms with E-state index in [0.29, 0.717) is 142 Å². The monoisotopic (exact) mass is 1270 g/mol. The third-order valence-corrected chi connectivity index (χ3v) is 15.2. The minimum absolute atomic E-state index is 0.00513. The number of ether oxygens (including phenoxy) is 1. The molecule has 0 bridgehead atoms. The highest BCUT2D eigenvalue weighted by atomic mass is 79.9. The molecule has 3 heterocycles. The first-order valence-electron chi connectivity index (χ1n) is 26.3. The van der Waals surface area contributed by atoms with Crippen molar-refractivity contribution in [2.45, 2.75) is 25.7 Å². The summed E-state index contributed by atoms with van der Waals surface area (Å²) in [6.07, 6.45) is 2.96. The fourth-order valence-electron chi connectivity index (χ4n) is 10.2. The molecule has 7 aromatic carbocycles. The van der Waals surface area contributed by atoms with Gasteiger partial charge in [-0.3, -0.25) is 34.6 Å². The molecule has 0 spiro atoms. The van der Waals surface area contributed by atoms with Gasteiger partial charge in [-0.05, 0) is 108 Å². The average Bonchev–Trinajstić information content (AvgIpc) is 1.47. The highest BCUT2D eigenvalue weighted by Gasteiger charge is 2.36. The zero-order valence-electron chi connectivity index (χ0n) is 44.9. The number of hydrogen-bond acceptors (Lipinski definition) is 20. The molecule has 9 aromatic rings. The molecular weight excluding hydrogens is 1220 g/mol. The normalized spacial score (nSPS) is 12.6. The van der Waals surface area contributed by atoms with Crippen molar-refractivity contribution < 1.29 is 57.2 Å². The molecule has 1 fully saturated rings. The second-order valence-electron chi connectivity index (χ2n) is 19.3. The van der Waals surface area contributed by atoms with Crippen LogP contribution in [-0.4, -0.2) is 89.3 Å². The number of ketones is 2. The minimum Gasteiger partial charge on any atom is -0.381 e. The van der Waals surface area contributed by atoms with Crippen LogP contribution in [0.3, 0.4) is 0 Å². The van der Waals surface area contributed by atoms with Crippen LogP contribution in [-0.2, 0) is 28.7 Å². The third-order valence-electron chi connectivity index (χ3n) is 14.1. The smallest absolute Gasteiger partial charge is 0.373 e. The van der Waals surface area contributed by atoms with Gasteiger partial charge in [0.05, 0.1) is 54.9 Å². The number of hydrogen-bond donors (Lipinski definition) is 4. The molecule has 2 aliphatic carbocycles. The molecule has 1 amide bonds. The number of fused-ring (bicyclic) bond motifs is 4. The topological polar surface area (TPSA) is 318 Å². The van der Waals surface area contributed by atoms with Crippen LogP contribution < -0.4 is 26.2 Å². The maximum absolute atomic E-state index is 13.9. The van der Waals surface area contributed by atoms with Gasteiger partial charge in [-0.25, -0.2) is 0 Å². The Morgan fingerprint density at radius 1 is 0.651 bits per heavy atom. The Bertz CT molecular complexity index is 4130. The lowest BCUT2D eigenvalue weighted by atomic mass is 9.86. The van der Waals surface area contributed by atoms with Crippen molar-refractivity contribution in [3.63, 3.8) is 0 Å². The molecule has 1 saturated heterocycles. The van der Waals surface area contributed by atoms with E-state index in [9.17, 15) is 34.6 Å². The van der Waals surface area contributed by atoms with Gasteiger partial charge in [-0.1, -0.05) is 82.0 Å². The van der Waals surface area contributed by atoms with Crippen LogP contribution in [0, 0.1) is 26.1 Å². The summed E-state index contributed by atoms with van der Waals surface area (Å²) in [5, 5.41) is 46.2. The van der Waals surface area contributed by atoms with Crippen LogP contribution in [0.15, 0.2) is 141 Å². The van der Waals surface area contributed by atoms with E-state index in [1.807, 2.05) is 78.9 Å². The molecule has 1 aliphatic heterocycles. The van der Waals surface area contributed by atoms with Crippen LogP contribution >= 0.6 is 39.1 Å². The Morgan fingerprint density at radius 2 is 1.14 bits per heavy atom. The lowest BCUT2D eigenvalue weighted by molar-refractivity contribution is -0.393. The summed E-state index contributed by atoms with van der Waals surface area (Å²) in [6, 6.07) is 36.6. The zero-order valence-corrected chi connectivity index (χ0v) is 48.0. The lowest BCUT2D eigenvalue weighted by Gasteiger charge is -2.33. The summed E-state index contributed by atoms with van der Waals surface area (Å²) >= 11 is 15.6. The highest BCUT2D eigenvalue weighted by Crippen LogP contribution is 2.48. The van der Waals surface area contributed by atoms with Crippen molar-refractivity contribution in [2.75, 3.05) is 60.2 Å². The third kappa shape index (κ3) is 13.2. The molecule has 4 N–H and O–H groups in total. The number of non-ortho nitro benzene ring substituents is 1. The summed E-state index contributed by atoms with van der Waals surface area (Å²) in [7, 11) is 0. The van der Waals surface area contributed by atoms with Crippen molar-refractivity contribution >= 4 is 136 Å². The van der Waals surface area contributed by atoms with E-state index < -0.39 is 9.85 Å². The van der Waals surface area contributed by atoms with E-state index in [4.69, 9.17) is 56.2 Å². The van der Waals surface area contributed by atoms with Gasteiger partial charge < -0.3 is 40.0 Å². The molecule has 12 rings (SSSR count). The Labute approximate surface area is 505 Å². The van der Waals surface area contributed by atoms with Crippen molar-refractivity contribution in [2.24, 2.45) is 5.92 Å². The van der Waals surface area contributed by atoms with Gasteiger partial charge in [-0.15, -0.1) is 0 Å². The van der Waals surface area contributed by atoms with Gasteiger partial charge in [-0.2, -0.15) is 19.2 Å². The molecule has 23 nitrogen and oxygen atoms in total. The van der Waals surface area contributed by atoms with E-state index >= 15 is 0 Å². The Kier molecular flexibility index (Phi) is 19.5. The van der Waals surface area contributed by atoms with E-state index in [1.165, 1.54) is 12.1 Å². The molecule has 2 aromatic heterocycles. The Balaban J connectivity index is 0.000000228. The molecule has 26 heteroatoms. The van der Waals surface area contributed by atoms with E-state index in [-0.39, 0.29) is 52.8 Å². The standard InChI is InChI=1S/C38H36ClN7O8.C20H10BrClN2O2.2CO2/c39-24-7-9-25(10-8-24)42-30-22-32(35-34-33(30)36(47)27-5-1-2-6-28(27)37(34)54-43-35)44-17-13-23(14-18-44)38(48)41-16-4-20-53-19-3-15-40-29-12-11-26(45(49)50)21-31(29)46(51)52;21-14-9-15(23-11-7-5-10(22)6-8-11)16-17-18(14)24-26-20(17)13-4-2-1-3-12(13)19(16)25;2*2-1-3/h1-2,5-12,21-23,40,42H,3-4,13-20H2,(H,41,48);1-9,23H;;. The zero-order chi connectivity index (χ0) is 61.0. The SMILES string of the molecule is O=C1c2ccccc2-c2onc3c(Br)cc(Nc4ccc(Cl)cc4)c1c23.O=C1c2ccccc2-c2onc3c(N4CCC(C(=O)NCCCOCCCNc5ccc([N+](=O)[O-])cc5[N+](=O)[O-])CC4)cc(Nc4ccc(Cl)cc4)c1c23.O=C=O.O=C=O. The van der Waals surface area contributed by atoms with Gasteiger partial charge >= 0.3 is 12.3 Å². The average molecular weight is 1270 g/mol. The molecular formula is C60H46BrCl2N9O14. The second kappa shape index (κ2) is 27.6. The number of nitrogens with zero attached hydrogens (tertiary/aromatic N) is 5. The number of amides is 1. The molecule has 0 saturated carbocycles. The molecule has 436 valence electrons. The molecule has 0 atom stereocenters. The second-order valence-corrected chi connectivity index (χ2v) is 21.0. The number of aromatic nitrogens is 2. The number of carbonyl (C=O) groups excluding carboxylic acids is 7. The minimum atomic E-state index is -0.675. The van der Waals surface area contributed by atoms with Crippen LogP contribution in [0.4, 0.5) is 45.5 Å². The first-order valence-corrected chi connectivity index (χ1v) is 27.9. The number of anilines is 6. The number of nitro groups is 2. The fraction of sp³-hybridized carbons (Fsp3) is 0.183. The van der Waals surface area contributed by atoms with Gasteiger partial charge in [0.1, 0.15) is 16.7 Å². The molecule has 0 unspecified atom stereocenters. The van der Waals surface area contributed by atoms with Crippen LogP contribution in [0.2, 0.25) is 10.0 Å². The first-order chi connectivity index (χ1) is 41.6. The number of benzene rings is 7. The largest absolute Gasteiger partial charge is 0.381 e. The summed E-state index contributed by atoms with van der Waals surface area (Å²) in [6.45, 7) is 2.90. The number of rotatable bonds is 17. The Hall–Kier alpha value is -9.93. The van der Waals surface area contributed by atoms with E-state index in [2.05, 4.69) is 52.4 Å². The summed E-state index contributed by atoms with van der Waals surface area (Å²) in [4.78, 5) is 95.8. The first kappa shape index (κ1) is 60.7. The Morgan fingerprint density at radius 3 is 1.66 bits per heavy atom.